The number of amides is 1. The number of hydrogen-bond acceptors (Lipinski definition) is 4. The summed E-state index contributed by atoms with van der Waals surface area (Å²) in [5.74, 6) is -0.185. The Morgan fingerprint density at radius 2 is 2.23 bits per heavy atom. The zero-order valence-electron chi connectivity index (χ0n) is 11.4. The fourth-order valence-electron chi connectivity index (χ4n) is 2.40. The van der Waals surface area contributed by atoms with Crippen LogP contribution in [-0.4, -0.2) is 27.4 Å². The van der Waals surface area contributed by atoms with E-state index in [1.54, 1.807) is 6.07 Å². The molecule has 0 fully saturated rings. The average Bonchev–Trinajstić information content (AvgIpc) is 3.06. The third-order valence-corrected chi connectivity index (χ3v) is 4.89. The molecule has 0 spiro atoms. The Morgan fingerprint density at radius 1 is 1.41 bits per heavy atom. The summed E-state index contributed by atoms with van der Waals surface area (Å²) in [4.78, 5) is 12.1. The zero-order valence-corrected chi connectivity index (χ0v) is 15.7. The molecule has 1 aliphatic carbocycles. The Bertz CT molecular complexity index is 770. The molecule has 0 unspecified atom stereocenters. The van der Waals surface area contributed by atoms with Gasteiger partial charge in [-0.1, -0.05) is 0 Å². The Morgan fingerprint density at radius 3 is 3.05 bits per heavy atom. The highest BCUT2D eigenvalue weighted by Gasteiger charge is 2.22. The minimum Gasteiger partial charge on any atom is -0.506 e. The fourth-order valence-corrected chi connectivity index (χ4v) is 4.29. The summed E-state index contributed by atoms with van der Waals surface area (Å²) >= 11 is 4.21. The lowest BCUT2D eigenvalue weighted by atomic mass is 10.2. The number of aryl methyl sites for hydroxylation is 1. The third kappa shape index (κ3) is 3.12. The first kappa shape index (κ1) is 15.7. The van der Waals surface area contributed by atoms with Gasteiger partial charge in [-0.3, -0.25) is 9.89 Å². The van der Waals surface area contributed by atoms with Crippen molar-refractivity contribution in [2.75, 3.05) is 0 Å². The highest BCUT2D eigenvalue weighted by molar-refractivity contribution is 14.1. The lowest BCUT2D eigenvalue weighted by Crippen LogP contribution is -2.19. The molecule has 0 saturated carbocycles. The molecule has 114 valence electrons. The number of nitrogens with one attached hydrogen (secondary N) is 2. The molecule has 3 rings (SSSR count). The molecule has 1 aromatic heterocycles. The fraction of sp³-hybridized carbons (Fsp3) is 0.214. The number of hydrogen-bond donors (Lipinski definition) is 3. The van der Waals surface area contributed by atoms with Gasteiger partial charge in [0.1, 0.15) is 5.75 Å². The van der Waals surface area contributed by atoms with Gasteiger partial charge in [0.2, 0.25) is 0 Å². The van der Waals surface area contributed by atoms with Gasteiger partial charge < -0.3 is 5.11 Å². The molecular weight excluding hydrogens is 510 g/mol. The highest BCUT2D eigenvalue weighted by atomic mass is 127. The second kappa shape index (κ2) is 6.52. The molecule has 3 N–H and O–H groups in total. The van der Waals surface area contributed by atoms with Crippen molar-refractivity contribution in [3.05, 3.63) is 41.8 Å². The van der Waals surface area contributed by atoms with Crippen LogP contribution in [0.2, 0.25) is 0 Å². The van der Waals surface area contributed by atoms with Crippen LogP contribution in [0.15, 0.2) is 17.2 Å². The van der Waals surface area contributed by atoms with Crippen LogP contribution in [-0.2, 0) is 12.8 Å². The van der Waals surface area contributed by atoms with Gasteiger partial charge in [0, 0.05) is 20.4 Å². The molecule has 1 amide bonds. The number of hydrazone groups is 1. The minimum atomic E-state index is -0.338. The van der Waals surface area contributed by atoms with Crippen LogP contribution in [0.3, 0.4) is 0 Å². The predicted octanol–water partition coefficient (Wildman–Crippen LogP) is 2.58. The second-order valence-electron chi connectivity index (χ2n) is 4.91. The molecular formula is C14H12I2N4O2. The summed E-state index contributed by atoms with van der Waals surface area (Å²) in [5.41, 5.74) is 5.46. The van der Waals surface area contributed by atoms with Crippen LogP contribution < -0.4 is 5.43 Å². The summed E-state index contributed by atoms with van der Waals surface area (Å²) in [7, 11) is 0. The molecule has 6 nitrogen and oxygen atoms in total. The van der Waals surface area contributed by atoms with Crippen molar-refractivity contribution in [1.82, 2.24) is 15.6 Å². The molecule has 0 bridgehead atoms. The van der Waals surface area contributed by atoms with Gasteiger partial charge in [-0.2, -0.15) is 10.2 Å². The van der Waals surface area contributed by atoms with E-state index >= 15 is 0 Å². The molecule has 22 heavy (non-hydrogen) atoms. The number of aromatic hydroxyl groups is 1. The summed E-state index contributed by atoms with van der Waals surface area (Å²) < 4.78 is 1.72. The summed E-state index contributed by atoms with van der Waals surface area (Å²) in [6, 6.07) is 3.65. The average molecular weight is 522 g/mol. The van der Waals surface area contributed by atoms with Gasteiger partial charge in [0.15, 0.2) is 5.69 Å². The normalized spacial score (nSPS) is 13.5. The number of benzene rings is 1. The smallest absolute Gasteiger partial charge is 0.292 e. The minimum absolute atomic E-state index is 0.152. The van der Waals surface area contributed by atoms with Crippen LogP contribution in [0, 0.1) is 7.14 Å². The van der Waals surface area contributed by atoms with Gasteiger partial charge in [-0.05, 0) is 76.6 Å². The first-order valence-electron chi connectivity index (χ1n) is 6.64. The molecule has 1 aliphatic rings. The second-order valence-corrected chi connectivity index (χ2v) is 7.32. The number of phenols is 1. The number of H-pyrrole nitrogens is 1. The zero-order chi connectivity index (χ0) is 15.7. The maximum Gasteiger partial charge on any atom is 0.292 e. The Kier molecular flexibility index (Phi) is 4.66. The lowest BCUT2D eigenvalue weighted by molar-refractivity contribution is 0.0949. The van der Waals surface area contributed by atoms with E-state index in [4.69, 9.17) is 0 Å². The van der Waals surface area contributed by atoms with E-state index in [1.807, 2.05) is 6.07 Å². The van der Waals surface area contributed by atoms with Crippen molar-refractivity contribution in [2.24, 2.45) is 5.10 Å². The standard InChI is InChI=1S/C14H12I2N4O2/c15-8-4-7(13(21)10(16)5-8)6-17-20-14(22)12-9-2-1-3-11(9)18-19-12/h4-6,21H,1-3H2,(H,18,19)(H,20,22). The molecule has 2 aromatic rings. The Hall–Kier alpha value is -1.17. The largest absolute Gasteiger partial charge is 0.506 e. The third-order valence-electron chi connectivity index (χ3n) is 3.45. The van der Waals surface area contributed by atoms with E-state index in [0.29, 0.717) is 11.3 Å². The highest BCUT2D eigenvalue weighted by Crippen LogP contribution is 2.25. The predicted molar refractivity (Wildman–Crippen MR) is 99.2 cm³/mol. The number of carbonyl (C=O) groups is 1. The van der Waals surface area contributed by atoms with Gasteiger partial charge >= 0.3 is 0 Å². The number of halogens is 2. The van der Waals surface area contributed by atoms with Crippen molar-refractivity contribution in [3.8, 4) is 5.75 Å². The van der Waals surface area contributed by atoms with E-state index in [0.717, 1.165) is 37.7 Å². The number of phenolic OH excluding ortho intramolecular Hbond substituents is 1. The maximum atomic E-state index is 12.1. The van der Waals surface area contributed by atoms with E-state index in [-0.39, 0.29) is 11.7 Å². The van der Waals surface area contributed by atoms with Crippen LogP contribution in [0.4, 0.5) is 0 Å². The number of aromatic nitrogens is 2. The number of nitrogens with zero attached hydrogens (tertiary/aromatic N) is 2. The monoisotopic (exact) mass is 522 g/mol. The molecule has 0 atom stereocenters. The van der Waals surface area contributed by atoms with E-state index < -0.39 is 0 Å². The topological polar surface area (TPSA) is 90.4 Å². The first-order chi connectivity index (χ1) is 10.6. The van der Waals surface area contributed by atoms with E-state index in [2.05, 4.69) is 65.9 Å². The van der Waals surface area contributed by atoms with Gasteiger partial charge in [0.05, 0.1) is 9.78 Å². The van der Waals surface area contributed by atoms with Crippen LogP contribution in [0.1, 0.15) is 33.7 Å². The van der Waals surface area contributed by atoms with Crippen LogP contribution in [0.25, 0.3) is 0 Å². The van der Waals surface area contributed by atoms with Crippen molar-refractivity contribution in [3.63, 3.8) is 0 Å². The van der Waals surface area contributed by atoms with Gasteiger partial charge in [0.25, 0.3) is 5.91 Å². The molecule has 1 aromatic carbocycles. The number of carbonyl (C=O) groups excluding carboxylic acids is 1. The number of rotatable bonds is 3. The van der Waals surface area contributed by atoms with Crippen molar-refractivity contribution < 1.29 is 9.90 Å². The van der Waals surface area contributed by atoms with Crippen molar-refractivity contribution in [2.45, 2.75) is 19.3 Å². The van der Waals surface area contributed by atoms with Gasteiger partial charge in [-0.15, -0.1) is 0 Å². The van der Waals surface area contributed by atoms with E-state index in [9.17, 15) is 9.90 Å². The maximum absolute atomic E-state index is 12.1. The molecule has 1 heterocycles. The van der Waals surface area contributed by atoms with Crippen molar-refractivity contribution in [1.29, 1.82) is 0 Å². The molecule has 0 saturated heterocycles. The Balaban J connectivity index is 1.73. The number of fused-ring (bicyclic) bond motifs is 1. The number of aromatic amines is 1. The van der Waals surface area contributed by atoms with Gasteiger partial charge in [-0.25, -0.2) is 5.43 Å². The first-order valence-corrected chi connectivity index (χ1v) is 8.79. The summed E-state index contributed by atoms with van der Waals surface area (Å²) in [5, 5.41) is 20.8. The van der Waals surface area contributed by atoms with Crippen LogP contribution in [0.5, 0.6) is 5.75 Å². The van der Waals surface area contributed by atoms with Crippen LogP contribution >= 0.6 is 45.2 Å². The molecule has 0 radical (unpaired) electrons. The summed E-state index contributed by atoms with van der Waals surface area (Å²) in [6.07, 6.45) is 4.29. The van der Waals surface area contributed by atoms with E-state index in [1.165, 1.54) is 6.21 Å². The Labute approximate surface area is 154 Å². The quantitative estimate of drug-likeness (QED) is 0.329. The lowest BCUT2D eigenvalue weighted by Gasteiger charge is -2.03. The SMILES string of the molecule is O=C(NN=Cc1cc(I)cc(I)c1O)c1n[nH]c2c1CCC2. The van der Waals surface area contributed by atoms with Crippen molar-refractivity contribution >= 4 is 57.3 Å². The summed E-state index contributed by atoms with van der Waals surface area (Å²) in [6.45, 7) is 0. The molecule has 0 aliphatic heterocycles. The molecule has 8 heteroatoms.